The number of likely N-dealkylation sites (tertiary alicyclic amines) is 1. The number of ether oxygens (including phenoxy) is 2. The maximum atomic E-state index is 13.7. The molecule has 11 nitrogen and oxygen atoms in total. The molecule has 244 valence electrons. The topological polar surface area (TPSA) is 135 Å². The quantitative estimate of drug-likeness (QED) is 0.272. The average molecular weight is 624 g/mol. The van der Waals surface area contributed by atoms with Gasteiger partial charge in [0.25, 0.3) is 0 Å². The number of nitrogens with zero attached hydrogens (tertiary/aromatic N) is 4. The number of carbonyl (C=O) groups excluding carboxylic acids is 2. The Hall–Kier alpha value is -3.07. The van der Waals surface area contributed by atoms with Crippen molar-refractivity contribution in [3.05, 3.63) is 30.1 Å². The highest BCUT2D eigenvalue weighted by Gasteiger charge is 2.43. The van der Waals surface area contributed by atoms with Gasteiger partial charge in [-0.2, -0.15) is 13.2 Å². The van der Waals surface area contributed by atoms with Crippen LogP contribution >= 0.6 is 0 Å². The van der Waals surface area contributed by atoms with Gasteiger partial charge in [0.1, 0.15) is 18.2 Å². The van der Waals surface area contributed by atoms with E-state index in [9.17, 15) is 22.8 Å². The van der Waals surface area contributed by atoms with Gasteiger partial charge in [0.2, 0.25) is 11.8 Å². The number of rotatable bonds is 14. The molecule has 2 amide bonds. The van der Waals surface area contributed by atoms with Crippen LogP contribution in [0.5, 0.6) is 0 Å². The average Bonchev–Trinajstić information content (AvgIpc) is 3.34. The number of benzene rings is 1. The highest BCUT2D eigenvalue weighted by molar-refractivity contribution is 5.93. The van der Waals surface area contributed by atoms with Crippen molar-refractivity contribution in [1.82, 2.24) is 25.1 Å². The second-order valence-electron chi connectivity index (χ2n) is 11.7. The van der Waals surface area contributed by atoms with Crippen LogP contribution in [0.25, 0.3) is 10.9 Å². The Bertz CT molecular complexity index is 1260. The number of halogens is 3. The van der Waals surface area contributed by atoms with Crippen molar-refractivity contribution in [3.8, 4) is 0 Å². The maximum absolute atomic E-state index is 13.7. The Morgan fingerprint density at radius 2 is 1.89 bits per heavy atom. The van der Waals surface area contributed by atoms with Gasteiger partial charge in [-0.3, -0.25) is 9.59 Å². The summed E-state index contributed by atoms with van der Waals surface area (Å²) in [6.07, 6.45) is -0.336. The van der Waals surface area contributed by atoms with Crippen molar-refractivity contribution < 1.29 is 32.2 Å². The van der Waals surface area contributed by atoms with Gasteiger partial charge in [0, 0.05) is 37.0 Å². The Kier molecular flexibility index (Phi) is 11.7. The van der Waals surface area contributed by atoms with E-state index in [1.54, 1.807) is 0 Å². The molecule has 44 heavy (non-hydrogen) atoms. The van der Waals surface area contributed by atoms with Crippen molar-refractivity contribution in [2.24, 2.45) is 5.73 Å². The van der Waals surface area contributed by atoms with Crippen LogP contribution in [0.15, 0.2) is 24.5 Å². The van der Waals surface area contributed by atoms with E-state index < -0.39 is 17.8 Å². The number of alkyl halides is 3. The first kappa shape index (κ1) is 33.8. The second-order valence-corrected chi connectivity index (χ2v) is 11.7. The third-order valence-electron chi connectivity index (χ3n) is 8.54. The molecule has 0 bridgehead atoms. The van der Waals surface area contributed by atoms with Crippen LogP contribution in [0.4, 0.5) is 19.0 Å². The van der Waals surface area contributed by atoms with E-state index in [0.29, 0.717) is 63.7 Å². The van der Waals surface area contributed by atoms with Gasteiger partial charge in [-0.25, -0.2) is 9.97 Å². The molecule has 2 heterocycles. The molecule has 1 aliphatic heterocycles. The molecular weight excluding hydrogens is 579 g/mol. The number of carbonyl (C=O) groups is 2. The molecule has 0 spiro atoms. The smallest absolute Gasteiger partial charge is 0.379 e. The first-order valence-electron chi connectivity index (χ1n) is 15.3. The van der Waals surface area contributed by atoms with E-state index in [4.69, 9.17) is 15.2 Å². The molecule has 1 aromatic carbocycles. The fraction of sp³-hybridized carbons (Fsp3) is 0.667. The van der Waals surface area contributed by atoms with Gasteiger partial charge < -0.3 is 35.6 Å². The first-order valence-corrected chi connectivity index (χ1v) is 15.3. The lowest BCUT2D eigenvalue weighted by Gasteiger charge is -2.44. The summed E-state index contributed by atoms with van der Waals surface area (Å²) in [5.74, 6) is -0.128. The highest BCUT2D eigenvalue weighted by Crippen LogP contribution is 2.34. The molecule has 0 unspecified atom stereocenters. The fourth-order valence-electron chi connectivity index (χ4n) is 5.98. The van der Waals surface area contributed by atoms with Crippen molar-refractivity contribution in [1.29, 1.82) is 0 Å². The minimum Gasteiger partial charge on any atom is -0.379 e. The van der Waals surface area contributed by atoms with Crippen molar-refractivity contribution in [2.75, 3.05) is 51.9 Å². The zero-order valence-electron chi connectivity index (χ0n) is 25.6. The van der Waals surface area contributed by atoms with E-state index in [1.807, 2.05) is 4.90 Å². The van der Waals surface area contributed by atoms with Gasteiger partial charge in [-0.1, -0.05) is 0 Å². The Morgan fingerprint density at radius 3 is 2.59 bits per heavy atom. The lowest BCUT2D eigenvalue weighted by molar-refractivity contribution is -0.137. The Labute approximate surface area is 256 Å². The summed E-state index contributed by atoms with van der Waals surface area (Å²) >= 11 is 0. The molecule has 2 aromatic rings. The van der Waals surface area contributed by atoms with E-state index in [-0.39, 0.29) is 54.2 Å². The van der Waals surface area contributed by atoms with Crippen molar-refractivity contribution in [2.45, 2.75) is 82.3 Å². The van der Waals surface area contributed by atoms with E-state index in [0.717, 1.165) is 18.6 Å². The lowest BCUT2D eigenvalue weighted by atomic mass is 9.84. The fourth-order valence-corrected chi connectivity index (χ4v) is 5.98. The second kappa shape index (κ2) is 15.3. The molecule has 1 saturated heterocycles. The summed E-state index contributed by atoms with van der Waals surface area (Å²) in [7, 11) is 2.08. The summed E-state index contributed by atoms with van der Waals surface area (Å²) in [5.41, 5.74) is 4.94. The van der Waals surface area contributed by atoms with Gasteiger partial charge in [0.05, 0.1) is 49.6 Å². The predicted molar refractivity (Wildman–Crippen MR) is 160 cm³/mol. The zero-order chi connectivity index (χ0) is 31.9. The third kappa shape index (κ3) is 8.55. The van der Waals surface area contributed by atoms with Crippen LogP contribution in [-0.4, -0.2) is 108 Å². The van der Waals surface area contributed by atoms with Crippen LogP contribution in [0, 0.1) is 0 Å². The predicted octanol–water partition coefficient (Wildman–Crippen LogP) is 2.79. The molecule has 4 N–H and O–H groups in total. The SMILES string of the molecule is CC(C)N(C)[C@@H]1CC[C@H](N2CC[C@H](Nc3ncnc4ccc(C(F)(F)F)cc34)C2=O)[C@H](NC(=O)CCOCCOCCN)C1. The molecule has 14 heteroatoms. The number of anilines is 1. The molecule has 0 radical (unpaired) electrons. The number of nitrogens with two attached hydrogens (primary N) is 1. The van der Waals surface area contributed by atoms with Crippen molar-refractivity contribution in [3.63, 3.8) is 0 Å². The highest BCUT2D eigenvalue weighted by atomic mass is 19.4. The van der Waals surface area contributed by atoms with Crippen LogP contribution in [0.2, 0.25) is 0 Å². The molecule has 4 atom stereocenters. The first-order chi connectivity index (χ1) is 21.0. The molecular formula is C30H44F3N7O4. The Balaban J connectivity index is 1.43. The van der Waals surface area contributed by atoms with Crippen LogP contribution in [-0.2, 0) is 25.2 Å². The Morgan fingerprint density at radius 1 is 1.14 bits per heavy atom. The largest absolute Gasteiger partial charge is 0.416 e. The molecule has 4 rings (SSSR count). The number of fused-ring (bicyclic) bond motifs is 1. The molecule has 1 aliphatic carbocycles. The summed E-state index contributed by atoms with van der Waals surface area (Å²) < 4.78 is 51.0. The summed E-state index contributed by atoms with van der Waals surface area (Å²) in [4.78, 5) is 39.1. The monoisotopic (exact) mass is 623 g/mol. The molecule has 2 aliphatic rings. The summed E-state index contributed by atoms with van der Waals surface area (Å²) in [6.45, 7) is 6.65. The van der Waals surface area contributed by atoms with E-state index in [2.05, 4.69) is 46.4 Å². The van der Waals surface area contributed by atoms with Gasteiger partial charge in [-0.05, 0) is 64.8 Å². The number of hydrogen-bond acceptors (Lipinski definition) is 9. The van der Waals surface area contributed by atoms with Gasteiger partial charge >= 0.3 is 6.18 Å². The third-order valence-corrected chi connectivity index (χ3v) is 8.54. The standard InChI is InChI=1S/C30H44F3N7O4/c1-19(2)39(3)21-5-7-26(25(17-21)37-27(41)9-12-43-14-15-44-13-10-34)40-11-8-24(29(40)42)38-28-22-16-20(30(31,32)33)4-6-23(22)35-18-36-28/h4,6,16,18-19,21,24-26H,5,7-15,17,34H2,1-3H3,(H,37,41)(H,35,36,38)/t21-,24+,25-,26+/m1/s1. The van der Waals surface area contributed by atoms with E-state index >= 15 is 0 Å². The minimum atomic E-state index is -4.52. The number of hydrogen-bond donors (Lipinski definition) is 3. The summed E-state index contributed by atoms with van der Waals surface area (Å²) in [6, 6.07) is 2.72. The minimum absolute atomic E-state index is 0.148. The molecule has 2 fully saturated rings. The number of nitrogens with one attached hydrogen (secondary N) is 2. The lowest BCUT2D eigenvalue weighted by Crippen LogP contribution is -2.58. The molecule has 1 saturated carbocycles. The van der Waals surface area contributed by atoms with Crippen LogP contribution in [0.1, 0.15) is 51.5 Å². The van der Waals surface area contributed by atoms with E-state index in [1.165, 1.54) is 12.4 Å². The number of amides is 2. The molecule has 1 aromatic heterocycles. The maximum Gasteiger partial charge on any atom is 0.416 e. The summed E-state index contributed by atoms with van der Waals surface area (Å²) in [5, 5.41) is 6.47. The number of aromatic nitrogens is 2. The van der Waals surface area contributed by atoms with Crippen molar-refractivity contribution >= 4 is 28.5 Å². The van der Waals surface area contributed by atoms with Crippen LogP contribution < -0.4 is 16.4 Å². The van der Waals surface area contributed by atoms with Gasteiger partial charge in [0.15, 0.2) is 0 Å². The van der Waals surface area contributed by atoms with Gasteiger partial charge in [-0.15, -0.1) is 0 Å². The zero-order valence-corrected chi connectivity index (χ0v) is 25.6. The normalized spacial score (nSPS) is 22.8. The van der Waals surface area contributed by atoms with Crippen LogP contribution in [0.3, 0.4) is 0 Å².